The fourth-order valence-electron chi connectivity index (χ4n) is 4.54. The summed E-state index contributed by atoms with van der Waals surface area (Å²) in [5.74, 6) is -3.33. The van der Waals surface area contributed by atoms with Crippen molar-refractivity contribution in [3.63, 3.8) is 0 Å². The summed E-state index contributed by atoms with van der Waals surface area (Å²) in [5.41, 5.74) is 1.45. The first-order chi connectivity index (χ1) is 15.3. The zero-order chi connectivity index (χ0) is 23.1. The van der Waals surface area contributed by atoms with Crippen LogP contribution in [0.25, 0.3) is 0 Å². The second-order valence-electron chi connectivity index (χ2n) is 8.93. The van der Waals surface area contributed by atoms with Gasteiger partial charge in [-0.25, -0.2) is 13.2 Å². The lowest BCUT2D eigenvalue weighted by Gasteiger charge is -2.29. The van der Waals surface area contributed by atoms with E-state index in [2.05, 4.69) is 6.92 Å². The number of alkyl halides is 2. The van der Waals surface area contributed by atoms with E-state index < -0.39 is 30.0 Å². The van der Waals surface area contributed by atoms with Crippen LogP contribution in [0.2, 0.25) is 0 Å². The SMILES string of the molecule is CCCCCC1CCC(c2ccc(COC(F)(F)Cc3cc(F)c(F)c(F)c3)cc2)CC1. The van der Waals surface area contributed by atoms with Gasteiger partial charge in [0.05, 0.1) is 13.0 Å². The van der Waals surface area contributed by atoms with Crippen molar-refractivity contribution in [2.45, 2.75) is 83.3 Å². The lowest BCUT2D eigenvalue weighted by atomic mass is 9.77. The van der Waals surface area contributed by atoms with E-state index in [-0.39, 0.29) is 12.2 Å². The number of ether oxygens (including phenoxy) is 1. The minimum atomic E-state index is -3.63. The molecule has 0 amide bonds. The minimum absolute atomic E-state index is 0.330. The largest absolute Gasteiger partial charge is 0.360 e. The molecule has 2 aromatic carbocycles. The van der Waals surface area contributed by atoms with Gasteiger partial charge in [0.2, 0.25) is 0 Å². The zero-order valence-electron chi connectivity index (χ0n) is 18.5. The van der Waals surface area contributed by atoms with Gasteiger partial charge >= 0.3 is 6.11 Å². The molecule has 6 heteroatoms. The molecule has 0 aromatic heterocycles. The Balaban J connectivity index is 1.48. The summed E-state index contributed by atoms with van der Waals surface area (Å²) < 4.78 is 72.4. The summed E-state index contributed by atoms with van der Waals surface area (Å²) in [6.07, 6.45) is 5.34. The highest BCUT2D eigenvalue weighted by molar-refractivity contribution is 5.25. The molecule has 1 aliphatic rings. The van der Waals surface area contributed by atoms with Crippen molar-refractivity contribution in [2.24, 2.45) is 5.92 Å². The predicted octanol–water partition coefficient (Wildman–Crippen LogP) is 8.31. The third-order valence-corrected chi connectivity index (χ3v) is 6.42. The standard InChI is InChI=1S/C26H31F5O/c1-2-3-4-5-18-6-10-21(11-7-18)22-12-8-19(9-13-22)17-32-26(30,31)16-20-14-23(27)25(29)24(28)15-20/h8-9,12-15,18,21H,2-7,10-11,16-17H2,1H3. The maximum atomic E-state index is 14.1. The van der Waals surface area contributed by atoms with Gasteiger partial charge in [-0.3, -0.25) is 0 Å². The molecule has 0 N–H and O–H groups in total. The molecule has 3 rings (SSSR count). The Hall–Kier alpha value is -1.95. The Kier molecular flexibility index (Phi) is 8.69. The van der Waals surface area contributed by atoms with Crippen molar-refractivity contribution in [2.75, 3.05) is 0 Å². The molecule has 0 radical (unpaired) electrons. The number of halogens is 5. The third-order valence-electron chi connectivity index (χ3n) is 6.42. The normalized spacial score (nSPS) is 19.3. The predicted molar refractivity (Wildman–Crippen MR) is 115 cm³/mol. The molecule has 0 atom stereocenters. The van der Waals surface area contributed by atoms with E-state index >= 15 is 0 Å². The van der Waals surface area contributed by atoms with Gasteiger partial charge in [-0.1, -0.05) is 56.9 Å². The Morgan fingerprint density at radius 1 is 0.875 bits per heavy atom. The second kappa shape index (κ2) is 11.3. The molecule has 0 bridgehead atoms. The maximum Gasteiger partial charge on any atom is 0.360 e. The fraction of sp³-hybridized carbons (Fsp3) is 0.538. The van der Waals surface area contributed by atoms with Crippen molar-refractivity contribution in [1.82, 2.24) is 0 Å². The molecule has 1 fully saturated rings. The van der Waals surface area contributed by atoms with Crippen LogP contribution in [0.15, 0.2) is 36.4 Å². The molecule has 176 valence electrons. The van der Waals surface area contributed by atoms with Gasteiger partial charge in [0, 0.05) is 0 Å². The molecule has 0 heterocycles. The number of unbranched alkanes of at least 4 members (excludes halogenated alkanes) is 2. The number of hydrogen-bond donors (Lipinski definition) is 0. The summed E-state index contributed by atoms with van der Waals surface area (Å²) in [5, 5.41) is 0. The number of rotatable bonds is 10. The monoisotopic (exact) mass is 454 g/mol. The molecular weight excluding hydrogens is 423 g/mol. The first-order valence-electron chi connectivity index (χ1n) is 11.5. The molecule has 0 unspecified atom stereocenters. The van der Waals surface area contributed by atoms with Crippen molar-refractivity contribution in [1.29, 1.82) is 0 Å². The van der Waals surface area contributed by atoms with E-state index in [1.807, 2.05) is 12.1 Å². The Bertz CT molecular complexity index is 834. The summed E-state index contributed by atoms with van der Waals surface area (Å²) in [6.45, 7) is 1.89. The Labute approximate surface area is 187 Å². The van der Waals surface area contributed by atoms with Crippen molar-refractivity contribution < 1.29 is 26.7 Å². The Morgan fingerprint density at radius 3 is 2.09 bits per heavy atom. The lowest BCUT2D eigenvalue weighted by Crippen LogP contribution is -2.24. The number of benzene rings is 2. The molecule has 0 aliphatic heterocycles. The first-order valence-corrected chi connectivity index (χ1v) is 11.5. The van der Waals surface area contributed by atoms with Crippen LogP contribution in [0, 0.1) is 23.4 Å². The fourth-order valence-corrected chi connectivity index (χ4v) is 4.54. The van der Waals surface area contributed by atoms with Gasteiger partial charge < -0.3 is 4.74 Å². The lowest BCUT2D eigenvalue weighted by molar-refractivity contribution is -0.244. The second-order valence-corrected chi connectivity index (χ2v) is 8.93. The Morgan fingerprint density at radius 2 is 1.50 bits per heavy atom. The zero-order valence-corrected chi connectivity index (χ0v) is 18.5. The van der Waals surface area contributed by atoms with E-state index in [0.29, 0.717) is 23.6 Å². The summed E-state index contributed by atoms with van der Waals surface area (Å²) >= 11 is 0. The van der Waals surface area contributed by atoms with Gasteiger partial charge in [0.1, 0.15) is 0 Å². The van der Waals surface area contributed by atoms with Crippen molar-refractivity contribution in [3.8, 4) is 0 Å². The average Bonchev–Trinajstić information content (AvgIpc) is 2.77. The summed E-state index contributed by atoms with van der Waals surface area (Å²) in [7, 11) is 0. The van der Waals surface area contributed by atoms with Gasteiger partial charge in [0.25, 0.3) is 0 Å². The summed E-state index contributed by atoms with van der Waals surface area (Å²) in [4.78, 5) is 0. The molecule has 2 aromatic rings. The van der Waals surface area contributed by atoms with Crippen molar-refractivity contribution >= 4 is 0 Å². The highest BCUT2D eigenvalue weighted by atomic mass is 19.3. The van der Waals surface area contributed by atoms with E-state index in [9.17, 15) is 22.0 Å². The number of hydrogen-bond acceptors (Lipinski definition) is 1. The van der Waals surface area contributed by atoms with Crippen LogP contribution in [0.1, 0.15) is 80.9 Å². The van der Waals surface area contributed by atoms with E-state index in [4.69, 9.17) is 4.74 Å². The molecular formula is C26H31F5O. The van der Waals surface area contributed by atoms with Crippen LogP contribution in [0.5, 0.6) is 0 Å². The highest BCUT2D eigenvalue weighted by Crippen LogP contribution is 2.38. The van der Waals surface area contributed by atoms with Crippen molar-refractivity contribution in [3.05, 3.63) is 70.5 Å². The van der Waals surface area contributed by atoms with Crippen LogP contribution in [-0.2, 0) is 17.8 Å². The third kappa shape index (κ3) is 7.03. The molecule has 32 heavy (non-hydrogen) atoms. The van der Waals surface area contributed by atoms with Crippen LogP contribution in [0.3, 0.4) is 0 Å². The maximum absolute atomic E-state index is 14.1. The van der Waals surface area contributed by atoms with Gasteiger partial charge in [0.15, 0.2) is 17.5 Å². The van der Waals surface area contributed by atoms with Gasteiger partial charge in [-0.2, -0.15) is 8.78 Å². The van der Waals surface area contributed by atoms with Crippen LogP contribution >= 0.6 is 0 Å². The van der Waals surface area contributed by atoms with E-state index in [1.165, 1.54) is 44.1 Å². The van der Waals surface area contributed by atoms with Crippen LogP contribution < -0.4 is 0 Å². The topological polar surface area (TPSA) is 9.23 Å². The first kappa shape index (κ1) is 24.7. The van der Waals surface area contributed by atoms with Crippen LogP contribution in [0.4, 0.5) is 22.0 Å². The van der Waals surface area contributed by atoms with Gasteiger partial charge in [-0.15, -0.1) is 0 Å². The average molecular weight is 455 g/mol. The smallest absolute Gasteiger partial charge is 0.315 e. The summed E-state index contributed by atoms with van der Waals surface area (Å²) in [6, 6.07) is 8.64. The van der Waals surface area contributed by atoms with Gasteiger partial charge in [-0.05, 0) is 66.3 Å². The molecule has 0 saturated heterocycles. The quantitative estimate of drug-likeness (QED) is 0.199. The van der Waals surface area contributed by atoms with E-state index in [0.717, 1.165) is 18.8 Å². The van der Waals surface area contributed by atoms with E-state index in [1.54, 1.807) is 12.1 Å². The highest BCUT2D eigenvalue weighted by Gasteiger charge is 2.31. The minimum Gasteiger partial charge on any atom is -0.315 e. The molecule has 1 saturated carbocycles. The molecule has 1 nitrogen and oxygen atoms in total. The molecule has 1 aliphatic carbocycles. The molecule has 0 spiro atoms. The van der Waals surface area contributed by atoms with Crippen LogP contribution in [-0.4, -0.2) is 6.11 Å².